The van der Waals surface area contributed by atoms with Crippen LogP contribution in [0.25, 0.3) is 0 Å². The second-order valence-electron chi connectivity index (χ2n) is 4.85. The number of aromatic nitrogens is 4. The molecule has 0 unspecified atom stereocenters. The van der Waals surface area contributed by atoms with E-state index in [1.54, 1.807) is 24.8 Å². The van der Waals surface area contributed by atoms with Gasteiger partial charge in [0.25, 0.3) is 0 Å². The van der Waals surface area contributed by atoms with Gasteiger partial charge in [0.2, 0.25) is 0 Å². The van der Waals surface area contributed by atoms with Gasteiger partial charge in [0.05, 0.1) is 23.9 Å². The maximum atomic E-state index is 5.09. The van der Waals surface area contributed by atoms with Crippen molar-refractivity contribution in [3.05, 3.63) is 27.7 Å². The summed E-state index contributed by atoms with van der Waals surface area (Å²) in [6, 6.07) is 0. The van der Waals surface area contributed by atoms with Gasteiger partial charge < -0.3 is 9.30 Å². The van der Waals surface area contributed by atoms with Crippen molar-refractivity contribution in [2.24, 2.45) is 0 Å². The van der Waals surface area contributed by atoms with E-state index in [1.807, 2.05) is 11.5 Å². The van der Waals surface area contributed by atoms with Crippen LogP contribution < -0.4 is 0 Å². The number of hydrogen-bond donors (Lipinski definition) is 0. The van der Waals surface area contributed by atoms with Gasteiger partial charge in [-0.15, -0.1) is 21.5 Å². The first kappa shape index (κ1) is 15.1. The molecule has 20 heavy (non-hydrogen) atoms. The molecule has 0 saturated carbocycles. The molecular weight excluding hydrogens is 274 g/mol. The van der Waals surface area contributed by atoms with Crippen LogP contribution in [0.1, 0.15) is 21.4 Å². The highest BCUT2D eigenvalue weighted by atomic mass is 32.1. The lowest BCUT2D eigenvalue weighted by Gasteiger charge is -2.16. The van der Waals surface area contributed by atoms with E-state index in [4.69, 9.17) is 4.74 Å². The van der Waals surface area contributed by atoms with Crippen LogP contribution in [-0.4, -0.2) is 45.4 Å². The molecule has 0 saturated heterocycles. The first-order chi connectivity index (χ1) is 9.60. The Morgan fingerprint density at radius 1 is 1.35 bits per heavy atom. The Morgan fingerprint density at radius 2 is 2.15 bits per heavy atom. The second-order valence-corrected chi connectivity index (χ2v) is 6.13. The van der Waals surface area contributed by atoms with E-state index >= 15 is 0 Å². The molecule has 2 aromatic rings. The number of methoxy groups -OCH3 is 1. The molecule has 7 heteroatoms. The lowest BCUT2D eigenvalue weighted by atomic mass is 10.3. The molecule has 0 aliphatic heterocycles. The summed E-state index contributed by atoms with van der Waals surface area (Å²) in [5.41, 5.74) is 1.13. The third-order valence-electron chi connectivity index (χ3n) is 3.06. The molecule has 0 radical (unpaired) electrons. The molecule has 0 fully saturated rings. The van der Waals surface area contributed by atoms with Crippen LogP contribution in [0, 0.1) is 13.8 Å². The zero-order chi connectivity index (χ0) is 14.5. The number of hydrogen-bond acceptors (Lipinski definition) is 6. The monoisotopic (exact) mass is 295 g/mol. The summed E-state index contributed by atoms with van der Waals surface area (Å²) in [6.07, 6.45) is 1.75. The van der Waals surface area contributed by atoms with E-state index in [1.165, 1.54) is 4.88 Å². The standard InChI is InChI=1S/C13H21N5OS/c1-10-12(20-11(2)15-10)7-17(3)8-13-16-14-9-18(13)5-6-19-4/h9H,5-8H2,1-4H3. The quantitative estimate of drug-likeness (QED) is 0.777. The fourth-order valence-electron chi connectivity index (χ4n) is 2.04. The zero-order valence-electron chi connectivity index (χ0n) is 12.5. The normalized spacial score (nSPS) is 11.4. The minimum atomic E-state index is 0.669. The van der Waals surface area contributed by atoms with Gasteiger partial charge in [-0.2, -0.15) is 0 Å². The molecule has 0 N–H and O–H groups in total. The lowest BCUT2D eigenvalue weighted by molar-refractivity contribution is 0.184. The highest BCUT2D eigenvalue weighted by Gasteiger charge is 2.11. The van der Waals surface area contributed by atoms with Crippen molar-refractivity contribution >= 4 is 11.3 Å². The fraction of sp³-hybridized carbons (Fsp3) is 0.615. The van der Waals surface area contributed by atoms with Crippen LogP contribution in [0.15, 0.2) is 6.33 Å². The third-order valence-corrected chi connectivity index (χ3v) is 4.11. The molecule has 0 bridgehead atoms. The second kappa shape index (κ2) is 6.92. The van der Waals surface area contributed by atoms with E-state index in [0.717, 1.165) is 36.2 Å². The van der Waals surface area contributed by atoms with Gasteiger partial charge >= 0.3 is 0 Å². The first-order valence-electron chi connectivity index (χ1n) is 6.57. The SMILES string of the molecule is COCCn1cnnc1CN(C)Cc1sc(C)nc1C. The van der Waals surface area contributed by atoms with Crippen LogP contribution in [0.2, 0.25) is 0 Å². The van der Waals surface area contributed by atoms with E-state index in [-0.39, 0.29) is 0 Å². The molecule has 2 rings (SSSR count). The summed E-state index contributed by atoms with van der Waals surface area (Å²) < 4.78 is 7.13. The molecule has 2 heterocycles. The van der Waals surface area contributed by atoms with E-state index in [2.05, 4.69) is 34.1 Å². The van der Waals surface area contributed by atoms with Crippen molar-refractivity contribution < 1.29 is 4.74 Å². The number of rotatable bonds is 7. The minimum Gasteiger partial charge on any atom is -0.383 e. The highest BCUT2D eigenvalue weighted by molar-refractivity contribution is 7.11. The predicted octanol–water partition coefficient (Wildman–Crippen LogP) is 1.63. The number of aryl methyl sites for hydroxylation is 2. The topological polar surface area (TPSA) is 56.1 Å². The van der Waals surface area contributed by atoms with Gasteiger partial charge in [0.1, 0.15) is 12.2 Å². The Morgan fingerprint density at radius 3 is 2.80 bits per heavy atom. The summed E-state index contributed by atoms with van der Waals surface area (Å²) in [5.74, 6) is 0.962. The summed E-state index contributed by atoms with van der Waals surface area (Å²) >= 11 is 1.76. The van der Waals surface area contributed by atoms with Crippen molar-refractivity contribution in [3.8, 4) is 0 Å². The van der Waals surface area contributed by atoms with Crippen molar-refractivity contribution in [2.45, 2.75) is 33.5 Å². The summed E-state index contributed by atoms with van der Waals surface area (Å²) in [5, 5.41) is 9.28. The number of ether oxygens (including phenoxy) is 1. The molecule has 0 spiro atoms. The first-order valence-corrected chi connectivity index (χ1v) is 7.39. The van der Waals surface area contributed by atoms with Crippen LogP contribution in [0.5, 0.6) is 0 Å². The van der Waals surface area contributed by atoms with Crippen molar-refractivity contribution in [1.29, 1.82) is 0 Å². The van der Waals surface area contributed by atoms with Crippen molar-refractivity contribution in [1.82, 2.24) is 24.6 Å². The molecule has 0 amide bonds. The molecular formula is C13H21N5OS. The van der Waals surface area contributed by atoms with Crippen LogP contribution in [-0.2, 0) is 24.4 Å². The van der Waals surface area contributed by atoms with Gasteiger partial charge in [0, 0.05) is 25.1 Å². The summed E-state index contributed by atoms with van der Waals surface area (Å²) in [6.45, 7) is 7.21. The van der Waals surface area contributed by atoms with Crippen LogP contribution in [0.3, 0.4) is 0 Å². The Labute approximate surface area is 123 Å². The Balaban J connectivity index is 1.96. The van der Waals surface area contributed by atoms with Gasteiger partial charge in [-0.05, 0) is 20.9 Å². The Bertz CT molecular complexity index is 551. The van der Waals surface area contributed by atoms with Crippen molar-refractivity contribution in [3.63, 3.8) is 0 Å². The summed E-state index contributed by atoms with van der Waals surface area (Å²) in [4.78, 5) is 8.00. The molecule has 0 atom stereocenters. The lowest BCUT2D eigenvalue weighted by Crippen LogP contribution is -2.20. The smallest absolute Gasteiger partial charge is 0.147 e. The maximum absolute atomic E-state index is 5.09. The largest absolute Gasteiger partial charge is 0.383 e. The molecule has 2 aromatic heterocycles. The average molecular weight is 295 g/mol. The Hall–Kier alpha value is -1.31. The fourth-order valence-corrected chi connectivity index (χ4v) is 3.06. The number of nitrogens with zero attached hydrogens (tertiary/aromatic N) is 5. The van der Waals surface area contributed by atoms with E-state index < -0.39 is 0 Å². The van der Waals surface area contributed by atoms with E-state index in [0.29, 0.717) is 6.61 Å². The minimum absolute atomic E-state index is 0.669. The van der Waals surface area contributed by atoms with Crippen LogP contribution in [0.4, 0.5) is 0 Å². The van der Waals surface area contributed by atoms with Gasteiger partial charge in [-0.3, -0.25) is 4.90 Å². The summed E-state index contributed by atoms with van der Waals surface area (Å²) in [7, 11) is 3.79. The predicted molar refractivity (Wildman–Crippen MR) is 78.7 cm³/mol. The third kappa shape index (κ3) is 3.84. The zero-order valence-corrected chi connectivity index (χ0v) is 13.3. The van der Waals surface area contributed by atoms with Gasteiger partial charge in [0.15, 0.2) is 0 Å². The van der Waals surface area contributed by atoms with Crippen LogP contribution >= 0.6 is 11.3 Å². The Kier molecular flexibility index (Phi) is 5.22. The molecule has 6 nitrogen and oxygen atoms in total. The van der Waals surface area contributed by atoms with E-state index in [9.17, 15) is 0 Å². The van der Waals surface area contributed by atoms with Gasteiger partial charge in [-0.25, -0.2) is 4.98 Å². The maximum Gasteiger partial charge on any atom is 0.147 e. The number of thiazole rings is 1. The average Bonchev–Trinajstić information content (AvgIpc) is 2.94. The highest BCUT2D eigenvalue weighted by Crippen LogP contribution is 2.19. The molecule has 0 aliphatic rings. The molecule has 0 aromatic carbocycles. The van der Waals surface area contributed by atoms with Gasteiger partial charge in [-0.1, -0.05) is 0 Å². The molecule has 0 aliphatic carbocycles. The van der Waals surface area contributed by atoms with Crippen molar-refractivity contribution in [2.75, 3.05) is 20.8 Å². The molecule has 110 valence electrons.